The largest absolute Gasteiger partial charge is 0.490 e. The first-order chi connectivity index (χ1) is 17.4. The van der Waals surface area contributed by atoms with E-state index < -0.39 is 0 Å². The first-order valence-electron chi connectivity index (χ1n) is 12.6. The van der Waals surface area contributed by atoms with Gasteiger partial charge in [0.05, 0.1) is 35.5 Å². The molecule has 2 heterocycles. The Labute approximate surface area is 212 Å². The summed E-state index contributed by atoms with van der Waals surface area (Å²) >= 11 is 0. The maximum atomic E-state index is 13.3. The van der Waals surface area contributed by atoms with E-state index in [-0.39, 0.29) is 5.91 Å². The summed E-state index contributed by atoms with van der Waals surface area (Å²) in [6.45, 7) is 11.5. The van der Waals surface area contributed by atoms with Crippen LogP contribution >= 0.6 is 0 Å². The summed E-state index contributed by atoms with van der Waals surface area (Å²) in [6.07, 6.45) is 1.65. The number of aryl methyl sites for hydroxylation is 3. The highest BCUT2D eigenvalue weighted by Crippen LogP contribution is 2.29. The number of benzene rings is 2. The molecule has 7 nitrogen and oxygen atoms in total. The lowest BCUT2D eigenvalue weighted by Gasteiger charge is -2.13. The van der Waals surface area contributed by atoms with E-state index in [0.29, 0.717) is 37.4 Å². The topological polar surface area (TPSA) is 78.3 Å². The molecule has 4 aromatic rings. The van der Waals surface area contributed by atoms with Crippen molar-refractivity contribution in [3.8, 4) is 17.2 Å². The normalized spacial score (nSPS) is 11.0. The van der Waals surface area contributed by atoms with Crippen LogP contribution in [0.2, 0.25) is 0 Å². The molecule has 0 saturated carbocycles. The van der Waals surface area contributed by atoms with Crippen LogP contribution in [0.15, 0.2) is 48.5 Å². The summed E-state index contributed by atoms with van der Waals surface area (Å²) in [7, 11) is 0. The average Bonchev–Trinajstić information content (AvgIpc) is 3.21. The Morgan fingerprint density at radius 1 is 0.917 bits per heavy atom. The maximum absolute atomic E-state index is 13.3. The number of nitrogens with zero attached hydrogens (tertiary/aromatic N) is 3. The zero-order valence-corrected chi connectivity index (χ0v) is 21.7. The predicted molar refractivity (Wildman–Crippen MR) is 143 cm³/mol. The van der Waals surface area contributed by atoms with Gasteiger partial charge in [-0.05, 0) is 82.0 Å². The summed E-state index contributed by atoms with van der Waals surface area (Å²) in [4.78, 5) is 18.0. The van der Waals surface area contributed by atoms with Crippen LogP contribution in [-0.2, 0) is 12.8 Å². The smallest absolute Gasteiger partial charge is 0.252 e. The van der Waals surface area contributed by atoms with E-state index in [1.54, 1.807) is 0 Å². The fourth-order valence-corrected chi connectivity index (χ4v) is 4.31. The van der Waals surface area contributed by atoms with Crippen LogP contribution in [-0.4, -0.2) is 40.4 Å². The van der Waals surface area contributed by atoms with E-state index in [2.05, 4.69) is 24.4 Å². The standard InChI is InChI=1S/C29H34N4O3/c1-6-21-9-12-23(13-10-21)33-28-27(20(5)32-33)24(17-19(4)31-28)29(34)30-16-15-22-11-14-25(35-7-2)26(18-22)36-8-3/h9-14,17-18H,6-8,15-16H2,1-5H3,(H,30,34). The van der Waals surface area contributed by atoms with Gasteiger partial charge in [0, 0.05) is 12.2 Å². The van der Waals surface area contributed by atoms with Gasteiger partial charge in [-0.3, -0.25) is 4.79 Å². The molecular formula is C29H34N4O3. The van der Waals surface area contributed by atoms with Gasteiger partial charge in [-0.25, -0.2) is 9.67 Å². The number of pyridine rings is 1. The minimum Gasteiger partial charge on any atom is -0.490 e. The third-order valence-corrected chi connectivity index (χ3v) is 6.08. The van der Waals surface area contributed by atoms with E-state index in [4.69, 9.17) is 19.6 Å². The molecule has 0 aliphatic heterocycles. The second-order valence-electron chi connectivity index (χ2n) is 8.68. The third-order valence-electron chi connectivity index (χ3n) is 6.08. The van der Waals surface area contributed by atoms with Crippen molar-refractivity contribution in [1.29, 1.82) is 0 Å². The lowest BCUT2D eigenvalue weighted by molar-refractivity contribution is 0.0955. The first kappa shape index (κ1) is 25.2. The molecule has 0 saturated heterocycles. The first-order valence-corrected chi connectivity index (χ1v) is 12.6. The summed E-state index contributed by atoms with van der Waals surface area (Å²) in [5.74, 6) is 1.33. The number of amides is 1. The van der Waals surface area contributed by atoms with Gasteiger partial charge in [-0.15, -0.1) is 0 Å². The molecule has 188 valence electrons. The van der Waals surface area contributed by atoms with Crippen molar-refractivity contribution in [1.82, 2.24) is 20.1 Å². The number of rotatable bonds is 10. The Morgan fingerprint density at radius 3 is 2.31 bits per heavy atom. The highest BCUT2D eigenvalue weighted by molar-refractivity contribution is 6.06. The minimum absolute atomic E-state index is 0.134. The predicted octanol–water partition coefficient (Wildman–Crippen LogP) is 5.37. The number of aromatic nitrogens is 3. The van der Waals surface area contributed by atoms with Crippen molar-refractivity contribution in [3.05, 3.63) is 76.6 Å². The molecule has 0 spiro atoms. The van der Waals surface area contributed by atoms with E-state index >= 15 is 0 Å². The molecule has 0 unspecified atom stereocenters. The molecule has 0 fully saturated rings. The number of carbonyl (C=O) groups is 1. The summed E-state index contributed by atoms with van der Waals surface area (Å²) in [6, 6.07) is 16.0. The molecule has 0 bridgehead atoms. The molecule has 4 rings (SSSR count). The van der Waals surface area contributed by atoms with Gasteiger partial charge in [0.1, 0.15) is 0 Å². The van der Waals surface area contributed by atoms with Crippen LogP contribution in [0.3, 0.4) is 0 Å². The van der Waals surface area contributed by atoms with Crippen LogP contribution < -0.4 is 14.8 Å². The van der Waals surface area contributed by atoms with Crippen molar-refractivity contribution in [3.63, 3.8) is 0 Å². The van der Waals surface area contributed by atoms with Crippen LogP contribution in [0.25, 0.3) is 16.7 Å². The second-order valence-corrected chi connectivity index (χ2v) is 8.68. The Kier molecular flexibility index (Phi) is 7.88. The Balaban J connectivity index is 1.54. The van der Waals surface area contributed by atoms with E-state index in [1.165, 1.54) is 5.56 Å². The molecule has 2 aromatic heterocycles. The van der Waals surface area contributed by atoms with Crippen molar-refractivity contribution >= 4 is 16.9 Å². The Morgan fingerprint density at radius 2 is 1.61 bits per heavy atom. The summed E-state index contributed by atoms with van der Waals surface area (Å²) in [5.41, 5.74) is 6.08. The molecule has 36 heavy (non-hydrogen) atoms. The molecule has 1 N–H and O–H groups in total. The van der Waals surface area contributed by atoms with Crippen LogP contribution in [0.1, 0.15) is 53.6 Å². The fourth-order valence-electron chi connectivity index (χ4n) is 4.31. The molecule has 0 aliphatic carbocycles. The Bertz CT molecular complexity index is 1360. The van der Waals surface area contributed by atoms with Crippen LogP contribution in [0.5, 0.6) is 11.5 Å². The van der Waals surface area contributed by atoms with Crippen molar-refractivity contribution in [2.24, 2.45) is 0 Å². The number of carbonyl (C=O) groups excluding carboxylic acids is 1. The number of ether oxygens (including phenoxy) is 2. The zero-order valence-electron chi connectivity index (χ0n) is 21.7. The van der Waals surface area contributed by atoms with E-state index in [0.717, 1.165) is 45.9 Å². The minimum atomic E-state index is -0.134. The van der Waals surface area contributed by atoms with Gasteiger partial charge in [0.25, 0.3) is 5.91 Å². The van der Waals surface area contributed by atoms with Crippen molar-refractivity contribution in [2.75, 3.05) is 19.8 Å². The van der Waals surface area contributed by atoms with E-state index in [9.17, 15) is 4.79 Å². The van der Waals surface area contributed by atoms with Gasteiger partial charge in [0.2, 0.25) is 0 Å². The third kappa shape index (κ3) is 5.35. The van der Waals surface area contributed by atoms with Crippen LogP contribution in [0.4, 0.5) is 0 Å². The molecule has 1 amide bonds. The summed E-state index contributed by atoms with van der Waals surface area (Å²) < 4.78 is 13.2. The second kappa shape index (κ2) is 11.2. The molecule has 0 aliphatic rings. The van der Waals surface area contributed by atoms with Gasteiger partial charge < -0.3 is 14.8 Å². The lowest BCUT2D eigenvalue weighted by Crippen LogP contribution is -2.26. The van der Waals surface area contributed by atoms with Crippen molar-refractivity contribution < 1.29 is 14.3 Å². The quantitative estimate of drug-likeness (QED) is 0.326. The van der Waals surface area contributed by atoms with Gasteiger partial charge in [-0.2, -0.15) is 5.10 Å². The number of hydrogen-bond acceptors (Lipinski definition) is 5. The highest BCUT2D eigenvalue weighted by atomic mass is 16.5. The number of nitrogens with one attached hydrogen (secondary N) is 1. The van der Waals surface area contributed by atoms with Crippen molar-refractivity contribution in [2.45, 2.75) is 47.5 Å². The molecule has 7 heteroatoms. The monoisotopic (exact) mass is 486 g/mol. The van der Waals surface area contributed by atoms with Gasteiger partial charge >= 0.3 is 0 Å². The number of fused-ring (bicyclic) bond motifs is 1. The molecule has 0 atom stereocenters. The summed E-state index contributed by atoms with van der Waals surface area (Å²) in [5, 5.41) is 8.58. The number of hydrogen-bond donors (Lipinski definition) is 1. The van der Waals surface area contributed by atoms with Crippen LogP contribution in [0, 0.1) is 13.8 Å². The molecule has 0 radical (unpaired) electrons. The average molecular weight is 487 g/mol. The lowest BCUT2D eigenvalue weighted by atomic mass is 10.1. The van der Waals surface area contributed by atoms with E-state index in [1.807, 2.05) is 68.8 Å². The Hall–Kier alpha value is -3.87. The maximum Gasteiger partial charge on any atom is 0.252 e. The fraction of sp³-hybridized carbons (Fsp3) is 0.345. The highest BCUT2D eigenvalue weighted by Gasteiger charge is 2.19. The molecular weight excluding hydrogens is 452 g/mol. The zero-order chi connectivity index (χ0) is 25.7. The van der Waals surface area contributed by atoms with Gasteiger partial charge in [0.15, 0.2) is 17.1 Å². The molecule has 2 aromatic carbocycles. The van der Waals surface area contributed by atoms with Gasteiger partial charge in [-0.1, -0.05) is 25.1 Å². The SMILES string of the molecule is CCOc1ccc(CCNC(=O)c2cc(C)nc3c2c(C)nn3-c2ccc(CC)cc2)cc1OCC.